The van der Waals surface area contributed by atoms with Crippen molar-refractivity contribution < 1.29 is 19.4 Å². The summed E-state index contributed by atoms with van der Waals surface area (Å²) >= 11 is 0. The van der Waals surface area contributed by atoms with E-state index in [9.17, 15) is 14.7 Å². The summed E-state index contributed by atoms with van der Waals surface area (Å²) in [5.74, 6) is 0.886. The van der Waals surface area contributed by atoms with E-state index >= 15 is 0 Å². The molecule has 0 fully saturated rings. The summed E-state index contributed by atoms with van der Waals surface area (Å²) in [6.07, 6.45) is 0.984. The molecule has 0 radical (unpaired) electrons. The third kappa shape index (κ3) is 3.97. The molecule has 0 saturated carbocycles. The van der Waals surface area contributed by atoms with Crippen LogP contribution in [0.5, 0.6) is 5.75 Å². The molecule has 2 heterocycles. The molecule has 1 aromatic heterocycles. The lowest BCUT2D eigenvalue weighted by Crippen LogP contribution is -2.37. The van der Waals surface area contributed by atoms with Crippen LogP contribution in [-0.4, -0.2) is 53.5 Å². The van der Waals surface area contributed by atoms with Crippen molar-refractivity contribution in [2.45, 2.75) is 25.5 Å². The summed E-state index contributed by atoms with van der Waals surface area (Å²) in [6.45, 7) is 0.720. The molecule has 3 rings (SSSR count). The first kappa shape index (κ1) is 17.4. The number of hydrogen-bond donors (Lipinski definition) is 2. The van der Waals surface area contributed by atoms with Gasteiger partial charge in [0.25, 0.3) is 11.5 Å². The highest BCUT2D eigenvalue weighted by molar-refractivity contribution is 5.80. The van der Waals surface area contributed by atoms with Crippen molar-refractivity contribution in [2.24, 2.45) is 0 Å². The third-order valence-electron chi connectivity index (χ3n) is 4.05. The van der Waals surface area contributed by atoms with Crippen LogP contribution in [0.4, 0.5) is 0 Å². The second kappa shape index (κ2) is 7.62. The molecule has 8 heteroatoms. The van der Waals surface area contributed by atoms with E-state index in [0.717, 1.165) is 18.7 Å². The van der Waals surface area contributed by atoms with Gasteiger partial charge in [0, 0.05) is 26.6 Å². The molecule has 134 valence electrons. The highest BCUT2D eigenvalue weighted by atomic mass is 16.5. The third-order valence-corrected chi connectivity index (χ3v) is 4.05. The average Bonchev–Trinajstić information content (AvgIpc) is 3.07. The van der Waals surface area contributed by atoms with Crippen LogP contribution in [0.3, 0.4) is 0 Å². The summed E-state index contributed by atoms with van der Waals surface area (Å²) in [7, 11) is 1.47. The van der Waals surface area contributed by atoms with Gasteiger partial charge in [-0.05, 0) is 24.6 Å². The number of methoxy groups -OCH3 is 1. The van der Waals surface area contributed by atoms with Gasteiger partial charge in [0.1, 0.15) is 11.6 Å². The Morgan fingerprint density at radius 1 is 1.48 bits per heavy atom. The standard InChI is InChI=1S/C17H21N3O5/c1-24-9-11(21)8-18-16(22)10-25-12-4-5-14-13(7-12)17(23)20-6-2-3-15(20)19-14/h4-5,7,11,21H,2-3,6,8-10H2,1H3,(H,18,22)/t11-/m1/s1. The number of ether oxygens (including phenoxy) is 2. The van der Waals surface area contributed by atoms with Gasteiger partial charge in [-0.1, -0.05) is 0 Å². The lowest BCUT2D eigenvalue weighted by molar-refractivity contribution is -0.123. The second-order valence-corrected chi connectivity index (χ2v) is 5.97. The molecule has 1 atom stereocenters. The van der Waals surface area contributed by atoms with Crippen molar-refractivity contribution >= 4 is 16.8 Å². The van der Waals surface area contributed by atoms with Crippen molar-refractivity contribution in [1.82, 2.24) is 14.9 Å². The van der Waals surface area contributed by atoms with Crippen LogP contribution >= 0.6 is 0 Å². The van der Waals surface area contributed by atoms with Crippen molar-refractivity contribution in [2.75, 3.05) is 26.9 Å². The Hall–Kier alpha value is -2.45. The van der Waals surface area contributed by atoms with Crippen LogP contribution < -0.4 is 15.6 Å². The second-order valence-electron chi connectivity index (χ2n) is 5.97. The Bertz CT molecular complexity index is 833. The van der Waals surface area contributed by atoms with E-state index < -0.39 is 6.10 Å². The smallest absolute Gasteiger partial charge is 0.261 e. The summed E-state index contributed by atoms with van der Waals surface area (Å²) < 4.78 is 11.9. The molecule has 0 unspecified atom stereocenters. The van der Waals surface area contributed by atoms with Gasteiger partial charge in [0.2, 0.25) is 0 Å². The first-order chi connectivity index (χ1) is 12.1. The largest absolute Gasteiger partial charge is 0.484 e. The van der Waals surface area contributed by atoms with Crippen molar-refractivity contribution in [3.05, 3.63) is 34.4 Å². The first-order valence-corrected chi connectivity index (χ1v) is 8.18. The molecule has 25 heavy (non-hydrogen) atoms. The first-order valence-electron chi connectivity index (χ1n) is 8.18. The maximum Gasteiger partial charge on any atom is 0.261 e. The number of rotatable bonds is 7. The summed E-state index contributed by atoms with van der Waals surface area (Å²) in [5, 5.41) is 12.5. The predicted molar refractivity (Wildman–Crippen MR) is 90.7 cm³/mol. The zero-order chi connectivity index (χ0) is 17.8. The Balaban J connectivity index is 1.64. The Morgan fingerprint density at radius 3 is 3.12 bits per heavy atom. The minimum atomic E-state index is -0.761. The molecule has 2 N–H and O–H groups in total. The number of aliphatic hydroxyl groups is 1. The lowest BCUT2D eigenvalue weighted by atomic mass is 10.2. The summed E-state index contributed by atoms with van der Waals surface area (Å²) in [4.78, 5) is 28.7. The number of nitrogens with zero attached hydrogens (tertiary/aromatic N) is 2. The van der Waals surface area contributed by atoms with Crippen molar-refractivity contribution in [1.29, 1.82) is 0 Å². The van der Waals surface area contributed by atoms with E-state index in [1.165, 1.54) is 7.11 Å². The molecule has 2 aromatic rings. The van der Waals surface area contributed by atoms with Gasteiger partial charge in [0.15, 0.2) is 6.61 Å². The molecule has 0 bridgehead atoms. The van der Waals surface area contributed by atoms with E-state index in [1.54, 1.807) is 22.8 Å². The zero-order valence-electron chi connectivity index (χ0n) is 14.0. The minimum Gasteiger partial charge on any atom is -0.484 e. The van der Waals surface area contributed by atoms with E-state index in [1.807, 2.05) is 0 Å². The monoisotopic (exact) mass is 347 g/mol. The SMILES string of the molecule is COC[C@H](O)CNC(=O)COc1ccc2nc3n(c(=O)c2c1)CCC3. The Labute approximate surface area is 144 Å². The molecule has 0 spiro atoms. The van der Waals surface area contributed by atoms with Crippen LogP contribution in [0, 0.1) is 0 Å². The van der Waals surface area contributed by atoms with Gasteiger partial charge in [-0.25, -0.2) is 4.98 Å². The van der Waals surface area contributed by atoms with E-state index in [2.05, 4.69) is 10.3 Å². The topological polar surface area (TPSA) is 103 Å². The fraction of sp³-hybridized carbons (Fsp3) is 0.471. The van der Waals surface area contributed by atoms with Crippen molar-refractivity contribution in [3.8, 4) is 5.75 Å². The van der Waals surface area contributed by atoms with Gasteiger partial charge in [-0.3, -0.25) is 14.2 Å². The number of hydrogen-bond acceptors (Lipinski definition) is 6. The molecule has 1 aromatic carbocycles. The van der Waals surface area contributed by atoms with E-state index in [0.29, 0.717) is 23.2 Å². The zero-order valence-corrected chi connectivity index (χ0v) is 14.0. The Morgan fingerprint density at radius 2 is 2.32 bits per heavy atom. The number of nitrogens with one attached hydrogen (secondary N) is 1. The number of aryl methyl sites for hydroxylation is 1. The number of aliphatic hydroxyl groups excluding tert-OH is 1. The normalized spacial score (nSPS) is 14.3. The molecule has 1 aliphatic heterocycles. The molecule has 1 amide bonds. The fourth-order valence-corrected chi connectivity index (χ4v) is 2.84. The summed E-state index contributed by atoms with van der Waals surface area (Å²) in [6, 6.07) is 5.03. The summed E-state index contributed by atoms with van der Waals surface area (Å²) in [5.41, 5.74) is 0.563. The van der Waals surface area contributed by atoms with Crippen molar-refractivity contribution in [3.63, 3.8) is 0 Å². The number of benzene rings is 1. The van der Waals surface area contributed by atoms with Gasteiger partial charge in [0.05, 0.1) is 23.6 Å². The molecule has 0 saturated heterocycles. The number of fused-ring (bicyclic) bond motifs is 2. The van der Waals surface area contributed by atoms with E-state index in [-0.39, 0.29) is 31.2 Å². The Kier molecular flexibility index (Phi) is 5.30. The quantitative estimate of drug-likeness (QED) is 0.722. The van der Waals surface area contributed by atoms with Crippen LogP contribution in [-0.2, 0) is 22.5 Å². The van der Waals surface area contributed by atoms with Gasteiger partial charge >= 0.3 is 0 Å². The highest BCUT2D eigenvalue weighted by Crippen LogP contribution is 2.19. The van der Waals surface area contributed by atoms with Crippen LogP contribution in [0.15, 0.2) is 23.0 Å². The average molecular weight is 347 g/mol. The maximum absolute atomic E-state index is 12.5. The number of aromatic nitrogens is 2. The lowest BCUT2D eigenvalue weighted by Gasteiger charge is -2.12. The van der Waals surface area contributed by atoms with Crippen LogP contribution in [0.1, 0.15) is 12.2 Å². The highest BCUT2D eigenvalue weighted by Gasteiger charge is 2.16. The predicted octanol–water partition coefficient (Wildman–Crippen LogP) is -0.155. The molecular weight excluding hydrogens is 326 g/mol. The van der Waals surface area contributed by atoms with Gasteiger partial charge in [-0.15, -0.1) is 0 Å². The number of carbonyl (C=O) groups excluding carboxylic acids is 1. The van der Waals surface area contributed by atoms with Gasteiger partial charge < -0.3 is 19.9 Å². The minimum absolute atomic E-state index is 0.0740. The molecular formula is C17H21N3O5. The number of carbonyl (C=O) groups is 1. The number of amides is 1. The van der Waals surface area contributed by atoms with Gasteiger partial charge in [-0.2, -0.15) is 0 Å². The van der Waals surface area contributed by atoms with E-state index in [4.69, 9.17) is 9.47 Å². The fourth-order valence-electron chi connectivity index (χ4n) is 2.84. The van der Waals surface area contributed by atoms with Crippen LogP contribution in [0.2, 0.25) is 0 Å². The molecule has 1 aliphatic rings. The maximum atomic E-state index is 12.5. The van der Waals surface area contributed by atoms with Crippen LogP contribution in [0.25, 0.3) is 10.9 Å². The molecule has 8 nitrogen and oxygen atoms in total. The molecule has 0 aliphatic carbocycles.